The van der Waals surface area contributed by atoms with Gasteiger partial charge in [-0.15, -0.1) is 0 Å². The van der Waals surface area contributed by atoms with E-state index >= 15 is 0 Å². The maximum atomic E-state index is 12.6. The van der Waals surface area contributed by atoms with Gasteiger partial charge >= 0.3 is 0 Å². The first-order valence-corrected chi connectivity index (χ1v) is 13.6. The third-order valence-corrected chi connectivity index (χ3v) is 8.84. The number of nitro groups is 1. The zero-order valence-corrected chi connectivity index (χ0v) is 23.0. The fourth-order valence-electron chi connectivity index (χ4n) is 6.54. The zero-order chi connectivity index (χ0) is 32.2. The highest BCUT2D eigenvalue weighted by Crippen LogP contribution is 2.49. The van der Waals surface area contributed by atoms with Gasteiger partial charge in [-0.3, -0.25) is 10.1 Å². The van der Waals surface area contributed by atoms with Crippen LogP contribution in [0.15, 0.2) is 96.9 Å². The van der Waals surface area contributed by atoms with Crippen LogP contribution in [-0.2, 0) is 10.8 Å². The Labute approximate surface area is 241 Å². The normalized spacial score (nSPS) is 17.6. The van der Waals surface area contributed by atoms with E-state index in [1.54, 1.807) is 10.6 Å². The van der Waals surface area contributed by atoms with Crippen molar-refractivity contribution in [2.75, 3.05) is 0 Å². The number of nitro benzene ring substituents is 1. The van der Waals surface area contributed by atoms with Crippen molar-refractivity contribution in [2.24, 2.45) is 0 Å². The van der Waals surface area contributed by atoms with Gasteiger partial charge in [0.1, 0.15) is 0 Å². The van der Waals surface area contributed by atoms with Crippen LogP contribution in [0.4, 0.5) is 5.69 Å². The number of fused-ring (bicyclic) bond motifs is 6. The number of para-hydroxylation sites is 1. The van der Waals surface area contributed by atoms with Crippen molar-refractivity contribution in [3.63, 3.8) is 0 Å². The Hall–Kier alpha value is -4.44. The molecule has 1 aliphatic carbocycles. The molecule has 0 saturated heterocycles. The number of benzene rings is 5. The first kappa shape index (κ1) is 19.6. The van der Waals surface area contributed by atoms with E-state index < -0.39 is 18.1 Å². The highest BCUT2D eigenvalue weighted by atomic mass is 16.6. The predicted octanol–water partition coefficient (Wildman–Crippen LogP) is 9.86. The molecule has 6 aromatic rings. The van der Waals surface area contributed by atoms with Gasteiger partial charge in [-0.1, -0.05) is 82.2 Å². The molecule has 0 fully saturated rings. The molecule has 40 heavy (non-hydrogen) atoms. The molecular formula is C36H32N2O2. The first-order valence-electron chi connectivity index (χ1n) is 16.1. The Morgan fingerprint density at radius 1 is 0.800 bits per heavy atom. The van der Waals surface area contributed by atoms with Gasteiger partial charge < -0.3 is 4.57 Å². The lowest BCUT2D eigenvalue weighted by Crippen LogP contribution is -2.34. The lowest BCUT2D eigenvalue weighted by Gasteiger charge is -2.41. The van der Waals surface area contributed by atoms with Crippen molar-refractivity contribution in [1.82, 2.24) is 4.57 Å². The molecule has 0 amide bonds. The van der Waals surface area contributed by atoms with Crippen LogP contribution in [-0.4, -0.2) is 9.49 Å². The fourth-order valence-corrected chi connectivity index (χ4v) is 6.54. The summed E-state index contributed by atoms with van der Waals surface area (Å²) in [7, 11) is 0. The van der Waals surface area contributed by atoms with Crippen molar-refractivity contribution in [3.8, 4) is 16.8 Å². The lowest BCUT2D eigenvalue weighted by molar-refractivity contribution is -0.384. The van der Waals surface area contributed by atoms with Gasteiger partial charge in [-0.2, -0.15) is 0 Å². The monoisotopic (exact) mass is 529 g/mol. The van der Waals surface area contributed by atoms with Gasteiger partial charge in [-0.05, 0) is 87.5 Å². The molecule has 1 heterocycles. The van der Waals surface area contributed by atoms with Crippen LogP contribution >= 0.6 is 0 Å². The van der Waals surface area contributed by atoms with Crippen LogP contribution < -0.4 is 0 Å². The molecule has 0 atom stereocenters. The average molecular weight is 530 g/mol. The number of aromatic nitrogens is 1. The quantitative estimate of drug-likeness (QED) is 0.169. The summed E-state index contributed by atoms with van der Waals surface area (Å²) in [6.45, 7) is 8.68. The molecule has 0 radical (unpaired) electrons. The van der Waals surface area contributed by atoms with E-state index in [4.69, 9.17) is 6.85 Å². The van der Waals surface area contributed by atoms with E-state index in [9.17, 15) is 10.1 Å². The molecule has 4 nitrogen and oxygen atoms in total. The fraction of sp³-hybridized carbons (Fsp3) is 0.222. The standard InChI is InChI=1S/C36H32N2O2/c1-35(2)18-19-36(3,4)30-22-33(38(39)40)27(21-29(30)35)24-15-16-31-28(20-24)34-26-13-9-8-10-23(26)14-17-32(34)37(31)25-11-6-5-7-12-25/h5-17,20-22H,18-19H2,1-4H3/i5D,6D,7D,11D,12D. The van der Waals surface area contributed by atoms with E-state index in [0.29, 0.717) is 22.2 Å². The first-order chi connectivity index (χ1) is 21.2. The van der Waals surface area contributed by atoms with Crippen molar-refractivity contribution in [1.29, 1.82) is 0 Å². The molecule has 0 bridgehead atoms. The highest BCUT2D eigenvalue weighted by Gasteiger charge is 2.39. The van der Waals surface area contributed by atoms with E-state index in [-0.39, 0.29) is 39.2 Å². The van der Waals surface area contributed by atoms with Crippen LogP contribution in [0.25, 0.3) is 49.4 Å². The third-order valence-electron chi connectivity index (χ3n) is 8.84. The molecule has 1 aliphatic rings. The Balaban J connectivity index is 1.61. The van der Waals surface area contributed by atoms with E-state index in [0.717, 1.165) is 45.5 Å². The Morgan fingerprint density at radius 2 is 1.48 bits per heavy atom. The van der Waals surface area contributed by atoms with Gasteiger partial charge in [-0.25, -0.2) is 0 Å². The number of hydrogen-bond acceptors (Lipinski definition) is 2. The second-order valence-corrected chi connectivity index (χ2v) is 12.2. The molecule has 1 aromatic heterocycles. The molecular weight excluding hydrogens is 492 g/mol. The molecule has 0 N–H and O–H groups in total. The second-order valence-electron chi connectivity index (χ2n) is 12.2. The second kappa shape index (κ2) is 8.53. The van der Waals surface area contributed by atoms with Gasteiger partial charge in [0.15, 0.2) is 0 Å². The summed E-state index contributed by atoms with van der Waals surface area (Å²) in [4.78, 5) is 12.3. The molecule has 0 saturated carbocycles. The minimum atomic E-state index is -0.451. The van der Waals surface area contributed by atoms with Crippen molar-refractivity contribution in [3.05, 3.63) is 118 Å². The Kier molecular flexibility index (Phi) is 4.18. The van der Waals surface area contributed by atoms with Crippen molar-refractivity contribution >= 4 is 38.3 Å². The summed E-state index contributed by atoms with van der Waals surface area (Å²) in [5.41, 5.74) is 4.46. The predicted molar refractivity (Wildman–Crippen MR) is 166 cm³/mol. The summed E-state index contributed by atoms with van der Waals surface area (Å²) in [5.74, 6) is 0. The van der Waals surface area contributed by atoms with Crippen LogP contribution in [0.2, 0.25) is 0 Å². The van der Waals surface area contributed by atoms with E-state index in [2.05, 4.69) is 27.7 Å². The molecule has 0 aliphatic heterocycles. The maximum absolute atomic E-state index is 12.6. The molecule has 0 unspecified atom stereocenters. The highest BCUT2D eigenvalue weighted by molar-refractivity contribution is 6.21. The van der Waals surface area contributed by atoms with E-state index in [1.807, 2.05) is 60.7 Å². The number of rotatable bonds is 3. The molecule has 5 aromatic carbocycles. The lowest BCUT2D eigenvalue weighted by atomic mass is 9.62. The largest absolute Gasteiger partial charge is 0.309 e. The topological polar surface area (TPSA) is 48.1 Å². The minimum absolute atomic E-state index is 0.0538. The molecule has 4 heteroatoms. The summed E-state index contributed by atoms with van der Waals surface area (Å²) >= 11 is 0. The maximum Gasteiger partial charge on any atom is 0.277 e. The Bertz CT molecular complexity index is 2240. The van der Waals surface area contributed by atoms with Gasteiger partial charge in [0, 0.05) is 22.5 Å². The molecule has 198 valence electrons. The van der Waals surface area contributed by atoms with Crippen LogP contribution in [0, 0.1) is 10.1 Å². The van der Waals surface area contributed by atoms with Gasteiger partial charge in [0.2, 0.25) is 0 Å². The molecule has 0 spiro atoms. The van der Waals surface area contributed by atoms with Crippen LogP contribution in [0.3, 0.4) is 0 Å². The summed E-state index contributed by atoms with van der Waals surface area (Å²) in [6.07, 6.45) is 1.92. The van der Waals surface area contributed by atoms with Crippen LogP contribution in [0.1, 0.15) is 58.5 Å². The van der Waals surface area contributed by atoms with Gasteiger partial charge in [0.05, 0.1) is 28.4 Å². The summed E-state index contributed by atoms with van der Waals surface area (Å²) in [5, 5.41) is 16.1. The minimum Gasteiger partial charge on any atom is -0.309 e. The molecule has 7 rings (SSSR count). The Morgan fingerprint density at radius 3 is 2.20 bits per heavy atom. The van der Waals surface area contributed by atoms with Crippen molar-refractivity contribution < 1.29 is 11.8 Å². The summed E-state index contributed by atoms with van der Waals surface area (Å²) < 4.78 is 44.1. The van der Waals surface area contributed by atoms with E-state index in [1.165, 1.54) is 0 Å². The van der Waals surface area contributed by atoms with Gasteiger partial charge in [0.25, 0.3) is 5.69 Å². The third kappa shape index (κ3) is 3.59. The average Bonchev–Trinajstić information content (AvgIpc) is 3.34. The van der Waals surface area contributed by atoms with Crippen molar-refractivity contribution in [2.45, 2.75) is 51.4 Å². The number of nitrogens with zero attached hydrogens (tertiary/aromatic N) is 2. The zero-order valence-electron chi connectivity index (χ0n) is 28.0. The summed E-state index contributed by atoms with van der Waals surface area (Å²) in [6, 6.07) is 19.3. The SMILES string of the molecule is [2H]c1c([2H])c([2H])c(-n2c3ccc(-c4cc5c(cc4[N+](=O)[O-])C(C)(C)CCC5(C)C)cc3c3c4ccccc4ccc32)c([2H])c1[2H]. The number of hydrogen-bond donors (Lipinski definition) is 0. The smallest absolute Gasteiger partial charge is 0.277 e. The van der Waals surface area contributed by atoms with Crippen LogP contribution in [0.5, 0.6) is 0 Å².